The Bertz CT molecular complexity index is 434. The van der Waals surface area contributed by atoms with E-state index in [2.05, 4.69) is 11.9 Å². The fraction of sp³-hybridized carbons (Fsp3) is 0.333. The molecule has 0 radical (unpaired) electrons. The Hall–Kier alpha value is -1.84. The zero-order valence-electron chi connectivity index (χ0n) is 9.62. The molecule has 0 fully saturated rings. The topological polar surface area (TPSA) is 51.1 Å². The Morgan fingerprint density at radius 3 is 2.50 bits per heavy atom. The number of rotatable bonds is 4. The van der Waals surface area contributed by atoms with Crippen molar-refractivity contribution in [1.29, 1.82) is 0 Å². The Labute approximate surface area is 94.6 Å². The summed E-state index contributed by atoms with van der Waals surface area (Å²) >= 11 is 0. The van der Waals surface area contributed by atoms with Gasteiger partial charge in [-0.25, -0.2) is 0 Å². The van der Waals surface area contributed by atoms with Gasteiger partial charge in [0.1, 0.15) is 6.54 Å². The normalized spacial score (nSPS) is 9.88. The fourth-order valence-electron chi connectivity index (χ4n) is 1.52. The molecule has 0 spiro atoms. The summed E-state index contributed by atoms with van der Waals surface area (Å²) in [5, 5.41) is 2.69. The first-order chi connectivity index (χ1) is 7.54. The van der Waals surface area contributed by atoms with Crippen LogP contribution in [-0.4, -0.2) is 17.0 Å². The molecule has 0 aliphatic heterocycles. The summed E-state index contributed by atoms with van der Waals surface area (Å²) < 4.78 is 1.81. The van der Waals surface area contributed by atoms with E-state index >= 15 is 0 Å². The number of carbonyl (C=O) groups is 1. The van der Waals surface area contributed by atoms with Gasteiger partial charge in [-0.1, -0.05) is 6.08 Å². The lowest BCUT2D eigenvalue weighted by Gasteiger charge is -2.13. The van der Waals surface area contributed by atoms with E-state index in [1.165, 1.54) is 12.1 Å². The van der Waals surface area contributed by atoms with E-state index in [0.717, 1.165) is 11.4 Å². The standard InChI is InChI=1S/C12H16N2O2/c1-4-5-13-12(16)8-14-9(2)6-11(15)7-10(14)3/h4,6-7H,1,5,8H2,2-3H3,(H,13,16). The van der Waals surface area contributed by atoms with Crippen LogP contribution in [0.1, 0.15) is 11.4 Å². The minimum absolute atomic E-state index is 0.0299. The van der Waals surface area contributed by atoms with Crippen molar-refractivity contribution >= 4 is 5.91 Å². The predicted molar refractivity (Wildman–Crippen MR) is 63.4 cm³/mol. The number of pyridine rings is 1. The third-order valence-corrected chi connectivity index (χ3v) is 2.30. The number of nitrogens with zero attached hydrogens (tertiary/aromatic N) is 1. The van der Waals surface area contributed by atoms with E-state index in [9.17, 15) is 9.59 Å². The first-order valence-corrected chi connectivity index (χ1v) is 5.10. The highest BCUT2D eigenvalue weighted by Gasteiger charge is 2.05. The first-order valence-electron chi connectivity index (χ1n) is 5.10. The van der Waals surface area contributed by atoms with Crippen molar-refractivity contribution in [2.45, 2.75) is 20.4 Å². The average Bonchev–Trinajstić information content (AvgIpc) is 2.20. The van der Waals surface area contributed by atoms with E-state index in [1.807, 2.05) is 13.8 Å². The molecule has 4 nitrogen and oxygen atoms in total. The molecule has 0 atom stereocenters. The third-order valence-electron chi connectivity index (χ3n) is 2.30. The maximum atomic E-state index is 11.5. The van der Waals surface area contributed by atoms with E-state index in [-0.39, 0.29) is 17.9 Å². The van der Waals surface area contributed by atoms with Crippen LogP contribution in [0.25, 0.3) is 0 Å². The summed E-state index contributed by atoms with van der Waals surface area (Å²) in [4.78, 5) is 22.7. The van der Waals surface area contributed by atoms with Gasteiger partial charge in [-0.2, -0.15) is 0 Å². The summed E-state index contributed by atoms with van der Waals surface area (Å²) in [5.74, 6) is -0.0882. The molecule has 1 N–H and O–H groups in total. The number of amides is 1. The van der Waals surface area contributed by atoms with E-state index in [0.29, 0.717) is 6.54 Å². The Morgan fingerprint density at radius 1 is 1.44 bits per heavy atom. The molecule has 0 aromatic carbocycles. The van der Waals surface area contributed by atoms with Crippen LogP contribution >= 0.6 is 0 Å². The molecule has 0 unspecified atom stereocenters. The number of aromatic nitrogens is 1. The van der Waals surface area contributed by atoms with Crippen molar-refractivity contribution in [3.8, 4) is 0 Å². The van der Waals surface area contributed by atoms with Crippen LogP contribution in [0.2, 0.25) is 0 Å². The van der Waals surface area contributed by atoms with E-state index in [4.69, 9.17) is 0 Å². The van der Waals surface area contributed by atoms with Gasteiger partial charge in [0.05, 0.1) is 0 Å². The maximum Gasteiger partial charge on any atom is 0.240 e. The Kier molecular flexibility index (Phi) is 4.05. The number of hydrogen-bond donors (Lipinski definition) is 1. The zero-order chi connectivity index (χ0) is 12.1. The van der Waals surface area contributed by atoms with Crippen LogP contribution in [0.5, 0.6) is 0 Å². The molecule has 16 heavy (non-hydrogen) atoms. The summed E-state index contributed by atoms with van der Waals surface area (Å²) in [6, 6.07) is 3.04. The summed E-state index contributed by atoms with van der Waals surface area (Å²) in [5.41, 5.74) is 1.55. The van der Waals surface area contributed by atoms with Crippen molar-refractivity contribution in [2.24, 2.45) is 0 Å². The number of hydrogen-bond acceptors (Lipinski definition) is 2. The minimum Gasteiger partial charge on any atom is -0.351 e. The van der Waals surface area contributed by atoms with Crippen molar-refractivity contribution in [1.82, 2.24) is 9.88 Å². The summed E-state index contributed by atoms with van der Waals surface area (Å²) in [7, 11) is 0. The van der Waals surface area contributed by atoms with Crippen LogP contribution in [-0.2, 0) is 11.3 Å². The van der Waals surface area contributed by atoms with Gasteiger partial charge in [0.2, 0.25) is 5.91 Å². The molecular weight excluding hydrogens is 204 g/mol. The molecule has 0 saturated heterocycles. The molecule has 0 bridgehead atoms. The predicted octanol–water partition coefficient (Wildman–Crippen LogP) is 0.767. The third kappa shape index (κ3) is 3.08. The van der Waals surface area contributed by atoms with Gasteiger partial charge in [-0.3, -0.25) is 9.59 Å². The second kappa shape index (κ2) is 5.30. The Morgan fingerprint density at radius 2 is 2.00 bits per heavy atom. The van der Waals surface area contributed by atoms with Crippen LogP contribution in [0, 0.1) is 13.8 Å². The maximum absolute atomic E-state index is 11.5. The average molecular weight is 220 g/mol. The van der Waals surface area contributed by atoms with Gasteiger partial charge in [0, 0.05) is 30.1 Å². The molecule has 0 aliphatic rings. The van der Waals surface area contributed by atoms with Crippen LogP contribution in [0.4, 0.5) is 0 Å². The van der Waals surface area contributed by atoms with E-state index in [1.54, 1.807) is 10.6 Å². The molecule has 1 rings (SSSR count). The van der Waals surface area contributed by atoms with Gasteiger partial charge < -0.3 is 9.88 Å². The second-order valence-corrected chi connectivity index (χ2v) is 3.65. The summed E-state index contributed by atoms with van der Waals surface area (Å²) in [6.07, 6.45) is 1.63. The van der Waals surface area contributed by atoms with Crippen molar-refractivity contribution in [3.05, 3.63) is 46.4 Å². The lowest BCUT2D eigenvalue weighted by molar-refractivity contribution is -0.121. The highest BCUT2D eigenvalue weighted by molar-refractivity contribution is 5.76. The van der Waals surface area contributed by atoms with Gasteiger partial charge in [0.15, 0.2) is 5.43 Å². The van der Waals surface area contributed by atoms with Crippen LogP contribution in [0.3, 0.4) is 0 Å². The van der Waals surface area contributed by atoms with Gasteiger partial charge in [-0.15, -0.1) is 6.58 Å². The highest BCUT2D eigenvalue weighted by Crippen LogP contribution is 2.00. The zero-order valence-corrected chi connectivity index (χ0v) is 9.62. The largest absolute Gasteiger partial charge is 0.351 e. The molecule has 1 aromatic rings. The molecule has 1 heterocycles. The summed E-state index contributed by atoms with van der Waals surface area (Å²) in [6.45, 7) is 7.84. The van der Waals surface area contributed by atoms with Crippen molar-refractivity contribution < 1.29 is 4.79 Å². The smallest absolute Gasteiger partial charge is 0.240 e. The second-order valence-electron chi connectivity index (χ2n) is 3.65. The van der Waals surface area contributed by atoms with Crippen LogP contribution < -0.4 is 10.7 Å². The van der Waals surface area contributed by atoms with Crippen molar-refractivity contribution in [2.75, 3.05) is 6.54 Å². The monoisotopic (exact) mass is 220 g/mol. The minimum atomic E-state index is -0.0882. The van der Waals surface area contributed by atoms with Gasteiger partial charge in [-0.05, 0) is 13.8 Å². The SMILES string of the molecule is C=CCNC(=O)Cn1c(C)cc(=O)cc1C. The quantitative estimate of drug-likeness (QED) is 0.762. The first kappa shape index (κ1) is 12.2. The highest BCUT2D eigenvalue weighted by atomic mass is 16.2. The number of carbonyl (C=O) groups excluding carboxylic acids is 1. The Balaban J connectivity index is 2.85. The lowest BCUT2D eigenvalue weighted by atomic mass is 10.3. The fourth-order valence-corrected chi connectivity index (χ4v) is 1.52. The molecule has 4 heteroatoms. The van der Waals surface area contributed by atoms with Gasteiger partial charge in [0.25, 0.3) is 0 Å². The molecule has 1 amide bonds. The molecule has 0 aliphatic carbocycles. The number of nitrogens with one attached hydrogen (secondary N) is 1. The molecule has 0 saturated carbocycles. The molecule has 1 aromatic heterocycles. The molecule has 86 valence electrons. The van der Waals surface area contributed by atoms with E-state index < -0.39 is 0 Å². The lowest BCUT2D eigenvalue weighted by Crippen LogP contribution is -2.29. The molecular formula is C12H16N2O2. The van der Waals surface area contributed by atoms with Crippen LogP contribution in [0.15, 0.2) is 29.6 Å². The number of aryl methyl sites for hydroxylation is 2. The van der Waals surface area contributed by atoms with Gasteiger partial charge >= 0.3 is 0 Å². The van der Waals surface area contributed by atoms with Crippen molar-refractivity contribution in [3.63, 3.8) is 0 Å².